The van der Waals surface area contributed by atoms with Gasteiger partial charge in [-0.15, -0.1) is 13.2 Å². The highest BCUT2D eigenvalue weighted by Crippen LogP contribution is 2.23. The lowest BCUT2D eigenvalue weighted by Gasteiger charge is -2.22. The molecule has 2 N–H and O–H groups in total. The summed E-state index contributed by atoms with van der Waals surface area (Å²) in [6.45, 7) is 1.60. The summed E-state index contributed by atoms with van der Waals surface area (Å²) >= 11 is 0. The third-order valence-electron chi connectivity index (χ3n) is 3.05. The van der Waals surface area contributed by atoms with Crippen molar-refractivity contribution in [2.75, 3.05) is 26.0 Å². The Morgan fingerprint density at radius 2 is 1.83 bits per heavy atom. The minimum atomic E-state index is -4.76. The molecule has 0 aliphatic rings. The van der Waals surface area contributed by atoms with Gasteiger partial charge < -0.3 is 15.4 Å². The third kappa shape index (κ3) is 6.55. The zero-order valence-electron chi connectivity index (χ0n) is 12.9. The monoisotopic (exact) mass is 333 g/mol. The van der Waals surface area contributed by atoms with Crippen molar-refractivity contribution < 1.29 is 27.5 Å². The maximum absolute atomic E-state index is 12.0. The predicted molar refractivity (Wildman–Crippen MR) is 77.9 cm³/mol. The summed E-state index contributed by atoms with van der Waals surface area (Å²) < 4.78 is 39.8. The Bertz CT molecular complexity index is 546. The zero-order chi connectivity index (χ0) is 17.6. The number of rotatable bonds is 6. The minimum Gasteiger partial charge on any atom is -0.406 e. The SMILES string of the molecule is CNC(=O)[C@H](C)N(C)CC(=O)Nc1ccc(OC(F)(F)F)cc1. The standard InChI is InChI=1S/C14H18F3N3O3/c1-9(13(22)18-2)20(3)8-12(21)19-10-4-6-11(7-5-10)23-14(15,16)17/h4-7,9H,8H2,1-3H3,(H,18,22)(H,19,21)/t9-/m0/s1. The summed E-state index contributed by atoms with van der Waals surface area (Å²) in [6, 6.07) is 4.29. The highest BCUT2D eigenvalue weighted by Gasteiger charge is 2.31. The molecule has 0 heterocycles. The van der Waals surface area contributed by atoms with Crippen molar-refractivity contribution in [3.05, 3.63) is 24.3 Å². The zero-order valence-corrected chi connectivity index (χ0v) is 12.9. The topological polar surface area (TPSA) is 70.7 Å². The second-order valence-electron chi connectivity index (χ2n) is 4.83. The number of nitrogens with zero attached hydrogens (tertiary/aromatic N) is 1. The minimum absolute atomic E-state index is 0.0462. The van der Waals surface area contributed by atoms with Gasteiger partial charge in [0, 0.05) is 12.7 Å². The summed E-state index contributed by atoms with van der Waals surface area (Å²) in [6.07, 6.45) is -4.76. The van der Waals surface area contributed by atoms with Gasteiger partial charge in [-0.25, -0.2) is 0 Å². The molecule has 0 saturated carbocycles. The van der Waals surface area contributed by atoms with Gasteiger partial charge in [-0.3, -0.25) is 14.5 Å². The molecular formula is C14H18F3N3O3. The Balaban J connectivity index is 2.56. The van der Waals surface area contributed by atoms with E-state index in [0.29, 0.717) is 5.69 Å². The van der Waals surface area contributed by atoms with E-state index in [1.165, 1.54) is 24.1 Å². The van der Waals surface area contributed by atoms with Crippen LogP contribution in [-0.2, 0) is 9.59 Å². The fourth-order valence-corrected chi connectivity index (χ4v) is 1.71. The number of hydrogen-bond donors (Lipinski definition) is 2. The number of hydrogen-bond acceptors (Lipinski definition) is 4. The summed E-state index contributed by atoms with van der Waals surface area (Å²) in [5.74, 6) is -0.998. The summed E-state index contributed by atoms with van der Waals surface area (Å²) in [5, 5.41) is 5.00. The first kappa shape index (κ1) is 18.8. The first-order valence-electron chi connectivity index (χ1n) is 6.70. The molecule has 0 saturated heterocycles. The Labute approximate surface area is 131 Å². The Kier molecular flexibility index (Phi) is 6.38. The Morgan fingerprint density at radius 1 is 1.26 bits per heavy atom. The van der Waals surface area contributed by atoms with E-state index in [0.717, 1.165) is 12.1 Å². The molecule has 9 heteroatoms. The van der Waals surface area contributed by atoms with Gasteiger partial charge in [-0.05, 0) is 38.2 Å². The number of carbonyl (C=O) groups excluding carboxylic acids is 2. The molecule has 128 valence electrons. The molecule has 1 atom stereocenters. The van der Waals surface area contributed by atoms with Gasteiger partial charge in [-0.1, -0.05) is 0 Å². The smallest absolute Gasteiger partial charge is 0.406 e. The molecule has 23 heavy (non-hydrogen) atoms. The maximum Gasteiger partial charge on any atom is 0.573 e. The molecule has 0 bridgehead atoms. The van der Waals surface area contributed by atoms with Gasteiger partial charge in [0.15, 0.2) is 0 Å². The van der Waals surface area contributed by atoms with Crippen molar-refractivity contribution in [2.45, 2.75) is 19.3 Å². The van der Waals surface area contributed by atoms with Crippen LogP contribution >= 0.6 is 0 Å². The van der Waals surface area contributed by atoms with Crippen LogP contribution in [0.25, 0.3) is 0 Å². The molecular weight excluding hydrogens is 315 g/mol. The number of benzene rings is 1. The number of halogens is 3. The van der Waals surface area contributed by atoms with Crippen molar-refractivity contribution in [1.82, 2.24) is 10.2 Å². The lowest BCUT2D eigenvalue weighted by molar-refractivity contribution is -0.274. The van der Waals surface area contributed by atoms with Crippen LogP contribution in [0, 0.1) is 0 Å². The van der Waals surface area contributed by atoms with E-state index in [1.54, 1.807) is 14.0 Å². The normalized spacial score (nSPS) is 12.7. The highest BCUT2D eigenvalue weighted by molar-refractivity contribution is 5.92. The quantitative estimate of drug-likeness (QED) is 0.829. The van der Waals surface area contributed by atoms with E-state index in [9.17, 15) is 22.8 Å². The van der Waals surface area contributed by atoms with Gasteiger partial charge in [0.2, 0.25) is 11.8 Å². The van der Waals surface area contributed by atoms with Crippen LogP contribution < -0.4 is 15.4 Å². The van der Waals surface area contributed by atoms with E-state index in [-0.39, 0.29) is 18.2 Å². The molecule has 2 amide bonds. The molecule has 1 aromatic carbocycles. The number of anilines is 1. The number of likely N-dealkylation sites (N-methyl/N-ethyl adjacent to an activating group) is 2. The van der Waals surface area contributed by atoms with Crippen molar-refractivity contribution >= 4 is 17.5 Å². The molecule has 1 rings (SSSR count). The Morgan fingerprint density at radius 3 is 2.30 bits per heavy atom. The average Bonchev–Trinajstić information content (AvgIpc) is 2.46. The number of alkyl halides is 3. The van der Waals surface area contributed by atoms with Crippen LogP contribution in [0.5, 0.6) is 5.75 Å². The van der Waals surface area contributed by atoms with Crippen LogP contribution in [0.3, 0.4) is 0 Å². The van der Waals surface area contributed by atoms with Crippen molar-refractivity contribution in [3.8, 4) is 5.75 Å². The number of nitrogens with one attached hydrogen (secondary N) is 2. The number of carbonyl (C=O) groups is 2. The van der Waals surface area contributed by atoms with E-state index in [2.05, 4.69) is 15.4 Å². The Hall–Kier alpha value is -2.29. The van der Waals surface area contributed by atoms with Gasteiger partial charge in [0.25, 0.3) is 0 Å². The number of amides is 2. The van der Waals surface area contributed by atoms with E-state index < -0.39 is 18.3 Å². The molecule has 0 aliphatic carbocycles. The second kappa shape index (κ2) is 7.82. The van der Waals surface area contributed by atoms with E-state index in [1.807, 2.05) is 0 Å². The highest BCUT2D eigenvalue weighted by atomic mass is 19.4. The molecule has 0 radical (unpaired) electrons. The average molecular weight is 333 g/mol. The summed E-state index contributed by atoms with van der Waals surface area (Å²) in [4.78, 5) is 24.8. The van der Waals surface area contributed by atoms with Crippen molar-refractivity contribution in [1.29, 1.82) is 0 Å². The molecule has 0 aromatic heterocycles. The molecule has 6 nitrogen and oxygen atoms in total. The summed E-state index contributed by atoms with van der Waals surface area (Å²) in [7, 11) is 3.11. The second-order valence-corrected chi connectivity index (χ2v) is 4.83. The van der Waals surface area contributed by atoms with E-state index in [4.69, 9.17) is 0 Å². The van der Waals surface area contributed by atoms with Gasteiger partial charge >= 0.3 is 6.36 Å². The maximum atomic E-state index is 12.0. The van der Waals surface area contributed by atoms with Crippen LogP contribution in [-0.4, -0.2) is 49.8 Å². The first-order chi connectivity index (χ1) is 10.6. The number of ether oxygens (including phenoxy) is 1. The lowest BCUT2D eigenvalue weighted by Crippen LogP contribution is -2.44. The lowest BCUT2D eigenvalue weighted by atomic mass is 10.2. The predicted octanol–water partition coefficient (Wildman–Crippen LogP) is 1.59. The van der Waals surface area contributed by atoms with Gasteiger partial charge in [-0.2, -0.15) is 0 Å². The molecule has 0 aliphatic heterocycles. The molecule has 0 fully saturated rings. The van der Waals surface area contributed by atoms with Crippen LogP contribution in [0.1, 0.15) is 6.92 Å². The van der Waals surface area contributed by atoms with Crippen LogP contribution in [0.2, 0.25) is 0 Å². The van der Waals surface area contributed by atoms with Crippen LogP contribution in [0.4, 0.5) is 18.9 Å². The van der Waals surface area contributed by atoms with Crippen molar-refractivity contribution in [3.63, 3.8) is 0 Å². The van der Waals surface area contributed by atoms with Gasteiger partial charge in [0.1, 0.15) is 5.75 Å². The molecule has 0 unspecified atom stereocenters. The fourth-order valence-electron chi connectivity index (χ4n) is 1.71. The molecule has 0 spiro atoms. The largest absolute Gasteiger partial charge is 0.573 e. The molecule has 1 aromatic rings. The third-order valence-corrected chi connectivity index (χ3v) is 3.05. The summed E-state index contributed by atoms with van der Waals surface area (Å²) in [5.41, 5.74) is 0.325. The van der Waals surface area contributed by atoms with Gasteiger partial charge in [0.05, 0.1) is 12.6 Å². The van der Waals surface area contributed by atoms with E-state index >= 15 is 0 Å². The fraction of sp³-hybridized carbons (Fsp3) is 0.429. The van der Waals surface area contributed by atoms with Crippen molar-refractivity contribution in [2.24, 2.45) is 0 Å². The first-order valence-corrected chi connectivity index (χ1v) is 6.70. The van der Waals surface area contributed by atoms with Crippen LogP contribution in [0.15, 0.2) is 24.3 Å².